The van der Waals surface area contributed by atoms with Gasteiger partial charge in [-0.25, -0.2) is 4.68 Å². The van der Waals surface area contributed by atoms with E-state index >= 15 is 0 Å². The molecule has 0 atom stereocenters. The van der Waals surface area contributed by atoms with Gasteiger partial charge in [-0.3, -0.25) is 4.79 Å². The first kappa shape index (κ1) is 10.7. The Kier molecular flexibility index (Phi) is 2.45. The SMILES string of the molecule is N#Cc1ccc(-n2ncc3c2CCCC3=O)cc1. The third-order valence-electron chi connectivity index (χ3n) is 3.23. The van der Waals surface area contributed by atoms with Crippen LogP contribution in [0.25, 0.3) is 5.69 Å². The second kappa shape index (κ2) is 4.11. The lowest BCUT2D eigenvalue weighted by atomic mass is 9.97. The first-order valence-corrected chi connectivity index (χ1v) is 5.90. The van der Waals surface area contributed by atoms with Crippen LogP contribution < -0.4 is 0 Å². The third kappa shape index (κ3) is 1.61. The van der Waals surface area contributed by atoms with Gasteiger partial charge in [0, 0.05) is 6.42 Å². The Morgan fingerprint density at radius 1 is 1.22 bits per heavy atom. The molecule has 0 unspecified atom stereocenters. The Hall–Kier alpha value is -2.41. The highest BCUT2D eigenvalue weighted by Crippen LogP contribution is 2.23. The van der Waals surface area contributed by atoms with E-state index in [1.807, 2.05) is 12.1 Å². The molecular weight excluding hydrogens is 226 g/mol. The molecule has 1 heterocycles. The lowest BCUT2D eigenvalue weighted by Gasteiger charge is -2.13. The summed E-state index contributed by atoms with van der Waals surface area (Å²) in [6.45, 7) is 0. The van der Waals surface area contributed by atoms with E-state index in [0.29, 0.717) is 12.0 Å². The van der Waals surface area contributed by atoms with Crippen LogP contribution in [-0.2, 0) is 6.42 Å². The van der Waals surface area contributed by atoms with Crippen molar-refractivity contribution in [2.24, 2.45) is 0 Å². The van der Waals surface area contributed by atoms with E-state index in [1.165, 1.54) is 0 Å². The molecule has 1 aliphatic rings. The average Bonchev–Trinajstić information content (AvgIpc) is 2.84. The first-order valence-electron chi connectivity index (χ1n) is 5.90. The summed E-state index contributed by atoms with van der Waals surface area (Å²) in [5.74, 6) is 0.177. The van der Waals surface area contributed by atoms with Crippen molar-refractivity contribution < 1.29 is 4.79 Å². The summed E-state index contributed by atoms with van der Waals surface area (Å²) in [5, 5.41) is 13.1. The quantitative estimate of drug-likeness (QED) is 0.764. The summed E-state index contributed by atoms with van der Waals surface area (Å²) in [4.78, 5) is 11.7. The molecule has 0 amide bonds. The molecule has 0 aliphatic heterocycles. The minimum Gasteiger partial charge on any atom is -0.294 e. The van der Waals surface area contributed by atoms with Crippen LogP contribution in [0.4, 0.5) is 0 Å². The summed E-state index contributed by atoms with van der Waals surface area (Å²) >= 11 is 0. The van der Waals surface area contributed by atoms with Gasteiger partial charge in [0.15, 0.2) is 5.78 Å². The number of carbonyl (C=O) groups excluding carboxylic acids is 1. The van der Waals surface area contributed by atoms with Gasteiger partial charge in [0.1, 0.15) is 0 Å². The van der Waals surface area contributed by atoms with Crippen LogP contribution in [0.5, 0.6) is 0 Å². The molecule has 0 saturated heterocycles. The van der Waals surface area contributed by atoms with Crippen molar-refractivity contribution in [3.63, 3.8) is 0 Å². The molecule has 0 spiro atoms. The van der Waals surface area contributed by atoms with Gasteiger partial charge in [-0.1, -0.05) is 0 Å². The number of ketones is 1. The molecule has 88 valence electrons. The maximum atomic E-state index is 11.7. The molecule has 1 aromatic carbocycles. The van der Waals surface area contributed by atoms with Gasteiger partial charge in [-0.05, 0) is 37.1 Å². The molecule has 1 aromatic heterocycles. The number of nitrogens with zero attached hydrogens (tertiary/aromatic N) is 3. The fraction of sp³-hybridized carbons (Fsp3) is 0.214. The first-order chi connectivity index (χ1) is 8.79. The minimum atomic E-state index is 0.177. The van der Waals surface area contributed by atoms with Crippen LogP contribution in [0.1, 0.15) is 34.5 Å². The van der Waals surface area contributed by atoms with E-state index in [9.17, 15) is 4.79 Å². The van der Waals surface area contributed by atoms with Gasteiger partial charge in [-0.2, -0.15) is 10.4 Å². The Balaban J connectivity index is 2.07. The second-order valence-corrected chi connectivity index (χ2v) is 4.35. The predicted molar refractivity (Wildman–Crippen MR) is 65.5 cm³/mol. The highest BCUT2D eigenvalue weighted by molar-refractivity contribution is 5.98. The number of rotatable bonds is 1. The van der Waals surface area contributed by atoms with Crippen LogP contribution in [0.2, 0.25) is 0 Å². The number of hydrogen-bond donors (Lipinski definition) is 0. The largest absolute Gasteiger partial charge is 0.294 e. The monoisotopic (exact) mass is 237 g/mol. The van der Waals surface area contributed by atoms with Crippen molar-refractivity contribution in [1.29, 1.82) is 5.26 Å². The number of fused-ring (bicyclic) bond motifs is 1. The van der Waals surface area contributed by atoms with Crippen molar-refractivity contribution in [3.8, 4) is 11.8 Å². The molecule has 4 heteroatoms. The lowest BCUT2D eigenvalue weighted by Crippen LogP contribution is -2.12. The van der Waals surface area contributed by atoms with Crippen molar-refractivity contribution in [2.45, 2.75) is 19.3 Å². The highest BCUT2D eigenvalue weighted by atomic mass is 16.1. The third-order valence-corrected chi connectivity index (χ3v) is 3.23. The minimum absolute atomic E-state index is 0.177. The zero-order valence-electron chi connectivity index (χ0n) is 9.76. The maximum Gasteiger partial charge on any atom is 0.166 e. The zero-order chi connectivity index (χ0) is 12.5. The van der Waals surface area contributed by atoms with Crippen molar-refractivity contribution in [1.82, 2.24) is 9.78 Å². The molecule has 0 N–H and O–H groups in total. The zero-order valence-corrected chi connectivity index (χ0v) is 9.76. The summed E-state index contributed by atoms with van der Waals surface area (Å²) in [6.07, 6.45) is 4.02. The van der Waals surface area contributed by atoms with Crippen LogP contribution in [0.15, 0.2) is 30.5 Å². The van der Waals surface area contributed by atoms with Gasteiger partial charge in [0.25, 0.3) is 0 Å². The lowest BCUT2D eigenvalue weighted by molar-refractivity contribution is 0.0972. The molecule has 18 heavy (non-hydrogen) atoms. The highest BCUT2D eigenvalue weighted by Gasteiger charge is 2.22. The van der Waals surface area contributed by atoms with Crippen molar-refractivity contribution >= 4 is 5.78 Å². The summed E-state index contributed by atoms with van der Waals surface area (Å²) < 4.78 is 1.80. The van der Waals surface area contributed by atoms with Crippen LogP contribution in [-0.4, -0.2) is 15.6 Å². The molecule has 4 nitrogen and oxygen atoms in total. The van der Waals surface area contributed by atoms with E-state index in [2.05, 4.69) is 11.2 Å². The fourth-order valence-corrected chi connectivity index (χ4v) is 2.30. The van der Waals surface area contributed by atoms with E-state index < -0.39 is 0 Å². The van der Waals surface area contributed by atoms with Crippen molar-refractivity contribution in [2.75, 3.05) is 0 Å². The summed E-state index contributed by atoms with van der Waals surface area (Å²) in [5.41, 5.74) is 3.24. The second-order valence-electron chi connectivity index (χ2n) is 4.35. The fourth-order valence-electron chi connectivity index (χ4n) is 2.30. The maximum absolute atomic E-state index is 11.7. The topological polar surface area (TPSA) is 58.7 Å². The van der Waals surface area contributed by atoms with Gasteiger partial charge < -0.3 is 0 Å². The van der Waals surface area contributed by atoms with Gasteiger partial charge in [0.2, 0.25) is 0 Å². The number of aromatic nitrogens is 2. The van der Waals surface area contributed by atoms with E-state index in [0.717, 1.165) is 29.8 Å². The van der Waals surface area contributed by atoms with Crippen LogP contribution in [0.3, 0.4) is 0 Å². The Morgan fingerprint density at radius 2 is 2.00 bits per heavy atom. The molecule has 0 radical (unpaired) electrons. The number of hydrogen-bond acceptors (Lipinski definition) is 3. The summed E-state index contributed by atoms with van der Waals surface area (Å²) in [7, 11) is 0. The number of Topliss-reactive ketones (excluding diaryl/α,β-unsaturated/α-hetero) is 1. The number of benzene rings is 1. The van der Waals surface area contributed by atoms with Crippen molar-refractivity contribution in [3.05, 3.63) is 47.3 Å². The van der Waals surface area contributed by atoms with Gasteiger partial charge >= 0.3 is 0 Å². The van der Waals surface area contributed by atoms with E-state index in [4.69, 9.17) is 5.26 Å². The molecular formula is C14H11N3O. The van der Waals surface area contributed by atoms with E-state index in [1.54, 1.807) is 23.0 Å². The summed E-state index contributed by atoms with van der Waals surface area (Å²) in [6, 6.07) is 9.31. The predicted octanol–water partition coefficient (Wildman–Crippen LogP) is 2.26. The number of nitriles is 1. The number of carbonyl (C=O) groups is 1. The Morgan fingerprint density at radius 3 is 2.72 bits per heavy atom. The molecule has 0 bridgehead atoms. The van der Waals surface area contributed by atoms with Crippen LogP contribution >= 0.6 is 0 Å². The smallest absolute Gasteiger partial charge is 0.166 e. The normalized spacial score (nSPS) is 14.1. The Labute approximate surface area is 104 Å². The van der Waals surface area contributed by atoms with Gasteiger partial charge in [0.05, 0.1) is 34.8 Å². The molecule has 1 aliphatic carbocycles. The molecule has 0 fully saturated rings. The molecule has 2 aromatic rings. The van der Waals surface area contributed by atoms with Gasteiger partial charge in [-0.15, -0.1) is 0 Å². The molecule has 3 rings (SSSR count). The standard InChI is InChI=1S/C14H11N3O/c15-8-10-4-6-11(7-5-10)17-13-2-1-3-14(18)12(13)9-16-17/h4-7,9H,1-3H2. The molecule has 0 saturated carbocycles. The van der Waals surface area contributed by atoms with E-state index in [-0.39, 0.29) is 5.78 Å². The Bertz CT molecular complexity index is 647. The van der Waals surface area contributed by atoms with Crippen LogP contribution in [0, 0.1) is 11.3 Å². The average molecular weight is 237 g/mol.